The van der Waals surface area contributed by atoms with E-state index in [1.54, 1.807) is 0 Å². The van der Waals surface area contributed by atoms with Crippen LogP contribution in [0.25, 0.3) is 5.65 Å². The first-order valence-corrected chi connectivity index (χ1v) is 12.4. The molecule has 4 rings (SSSR count). The Morgan fingerprint density at radius 3 is 2.50 bits per heavy atom. The lowest BCUT2D eigenvalue weighted by atomic mass is 9.84. The van der Waals surface area contributed by atoms with Gasteiger partial charge in [0.1, 0.15) is 0 Å². The van der Waals surface area contributed by atoms with Crippen LogP contribution in [0.1, 0.15) is 89.9 Å². The quantitative estimate of drug-likeness (QED) is 0.677. The highest BCUT2D eigenvalue weighted by Gasteiger charge is 2.31. The second-order valence-corrected chi connectivity index (χ2v) is 10.0. The maximum absolute atomic E-state index is 13.1. The van der Waals surface area contributed by atoms with E-state index in [9.17, 15) is 9.59 Å². The van der Waals surface area contributed by atoms with Crippen LogP contribution < -0.4 is 10.6 Å². The Morgan fingerprint density at radius 2 is 1.78 bits per heavy atom. The van der Waals surface area contributed by atoms with E-state index in [0.29, 0.717) is 12.3 Å². The molecule has 32 heavy (non-hydrogen) atoms. The van der Waals surface area contributed by atoms with Crippen molar-refractivity contribution in [2.24, 2.45) is 17.8 Å². The number of rotatable bonds is 7. The van der Waals surface area contributed by atoms with Crippen molar-refractivity contribution in [2.45, 2.75) is 90.1 Å². The summed E-state index contributed by atoms with van der Waals surface area (Å²) < 4.78 is 1.95. The molecule has 0 spiro atoms. The lowest BCUT2D eigenvalue weighted by Crippen LogP contribution is -2.42. The van der Waals surface area contributed by atoms with Gasteiger partial charge in [-0.05, 0) is 62.5 Å². The van der Waals surface area contributed by atoms with Gasteiger partial charge in [-0.15, -0.1) is 10.2 Å². The van der Waals surface area contributed by atoms with Gasteiger partial charge in [0, 0.05) is 24.6 Å². The zero-order valence-electron chi connectivity index (χ0n) is 19.4. The van der Waals surface area contributed by atoms with Gasteiger partial charge in [0.05, 0.1) is 6.04 Å². The molecule has 0 saturated heterocycles. The fourth-order valence-electron chi connectivity index (χ4n) is 5.31. The number of carbonyl (C=O) groups is 2. The van der Waals surface area contributed by atoms with Crippen molar-refractivity contribution in [2.75, 3.05) is 0 Å². The first-order valence-electron chi connectivity index (χ1n) is 12.4. The van der Waals surface area contributed by atoms with Crippen LogP contribution in [0.5, 0.6) is 0 Å². The Morgan fingerprint density at radius 1 is 1.03 bits per heavy atom. The summed E-state index contributed by atoms with van der Waals surface area (Å²) in [4.78, 5) is 25.5. The highest BCUT2D eigenvalue weighted by atomic mass is 16.2. The van der Waals surface area contributed by atoms with Crippen LogP contribution in [-0.2, 0) is 9.59 Å². The van der Waals surface area contributed by atoms with Gasteiger partial charge in [0.15, 0.2) is 11.5 Å². The normalized spacial score (nSPS) is 23.2. The van der Waals surface area contributed by atoms with E-state index < -0.39 is 0 Å². The van der Waals surface area contributed by atoms with Crippen LogP contribution in [0, 0.1) is 17.8 Å². The number of nitrogens with one attached hydrogen (secondary N) is 2. The zero-order valence-corrected chi connectivity index (χ0v) is 19.4. The van der Waals surface area contributed by atoms with Gasteiger partial charge in [0.2, 0.25) is 11.8 Å². The largest absolute Gasteiger partial charge is 0.353 e. The summed E-state index contributed by atoms with van der Waals surface area (Å²) in [6.07, 6.45) is 12.2. The molecule has 2 amide bonds. The van der Waals surface area contributed by atoms with Crippen LogP contribution in [0.3, 0.4) is 0 Å². The van der Waals surface area contributed by atoms with Crippen molar-refractivity contribution in [3.63, 3.8) is 0 Å². The molecule has 2 saturated carbocycles. The molecule has 0 bridgehead atoms. The molecule has 7 heteroatoms. The fourth-order valence-corrected chi connectivity index (χ4v) is 5.31. The molecule has 2 N–H and O–H groups in total. The number of carbonyl (C=O) groups excluding carboxylic acids is 2. The Balaban J connectivity index is 1.28. The van der Waals surface area contributed by atoms with Crippen LogP contribution in [0.4, 0.5) is 0 Å². The summed E-state index contributed by atoms with van der Waals surface area (Å²) in [7, 11) is 0. The first-order chi connectivity index (χ1) is 15.5. The highest BCUT2D eigenvalue weighted by molar-refractivity contribution is 5.79. The Kier molecular flexibility index (Phi) is 7.43. The molecule has 2 aromatic heterocycles. The van der Waals surface area contributed by atoms with Gasteiger partial charge in [-0.3, -0.25) is 14.0 Å². The molecule has 7 nitrogen and oxygen atoms in total. The van der Waals surface area contributed by atoms with E-state index in [4.69, 9.17) is 0 Å². The van der Waals surface area contributed by atoms with Gasteiger partial charge in [-0.1, -0.05) is 39.2 Å². The van der Waals surface area contributed by atoms with Gasteiger partial charge in [0.25, 0.3) is 0 Å². The summed E-state index contributed by atoms with van der Waals surface area (Å²) in [5.74, 6) is 1.80. The van der Waals surface area contributed by atoms with E-state index >= 15 is 0 Å². The molecule has 2 aliphatic carbocycles. The fraction of sp³-hybridized carbons (Fsp3) is 0.680. The van der Waals surface area contributed by atoms with E-state index in [1.165, 1.54) is 32.1 Å². The second kappa shape index (κ2) is 10.5. The van der Waals surface area contributed by atoms with Gasteiger partial charge in [-0.25, -0.2) is 0 Å². The number of hydrogen-bond donors (Lipinski definition) is 2. The molecule has 0 aliphatic heterocycles. The lowest BCUT2D eigenvalue weighted by molar-refractivity contribution is -0.127. The predicted molar refractivity (Wildman–Crippen MR) is 124 cm³/mol. The van der Waals surface area contributed by atoms with E-state index in [1.807, 2.05) is 28.8 Å². The third-order valence-corrected chi connectivity index (χ3v) is 7.24. The molecule has 2 aromatic rings. The molecule has 2 fully saturated rings. The van der Waals surface area contributed by atoms with Crippen molar-refractivity contribution in [3.8, 4) is 0 Å². The third kappa shape index (κ3) is 5.48. The molecular formula is C25H37N5O2. The maximum atomic E-state index is 13.1. The van der Waals surface area contributed by atoms with Gasteiger partial charge >= 0.3 is 0 Å². The van der Waals surface area contributed by atoms with E-state index in [2.05, 4.69) is 34.7 Å². The number of aromatic nitrogens is 3. The van der Waals surface area contributed by atoms with Crippen molar-refractivity contribution in [1.82, 2.24) is 25.2 Å². The maximum Gasteiger partial charge on any atom is 0.223 e. The number of hydrogen-bond acceptors (Lipinski definition) is 4. The second-order valence-electron chi connectivity index (χ2n) is 10.0. The van der Waals surface area contributed by atoms with E-state index in [-0.39, 0.29) is 35.7 Å². The minimum atomic E-state index is -0.187. The predicted octanol–water partition coefficient (Wildman–Crippen LogP) is 4.19. The SMILES string of the molecule is CC(C)C(NC(=O)C1CCC(NC(=O)CC2CCCCC2)CC1)c1nnc2ccccn12. The highest BCUT2D eigenvalue weighted by Crippen LogP contribution is 2.29. The Labute approximate surface area is 190 Å². The third-order valence-electron chi connectivity index (χ3n) is 7.24. The molecule has 174 valence electrons. The topological polar surface area (TPSA) is 88.4 Å². The summed E-state index contributed by atoms with van der Waals surface area (Å²) in [5.41, 5.74) is 0.784. The van der Waals surface area contributed by atoms with Gasteiger partial charge < -0.3 is 10.6 Å². The molecule has 2 aliphatic rings. The minimum Gasteiger partial charge on any atom is -0.353 e. The van der Waals surface area contributed by atoms with Crippen molar-refractivity contribution in [3.05, 3.63) is 30.2 Å². The summed E-state index contributed by atoms with van der Waals surface area (Å²) in [5, 5.41) is 15.1. The van der Waals surface area contributed by atoms with Crippen molar-refractivity contribution >= 4 is 17.5 Å². The molecule has 2 heterocycles. The lowest BCUT2D eigenvalue weighted by Gasteiger charge is -2.31. The Hall–Kier alpha value is -2.44. The zero-order chi connectivity index (χ0) is 22.5. The van der Waals surface area contributed by atoms with Gasteiger partial charge in [-0.2, -0.15) is 0 Å². The molecule has 1 atom stereocenters. The molecule has 0 radical (unpaired) electrons. The monoisotopic (exact) mass is 439 g/mol. The smallest absolute Gasteiger partial charge is 0.223 e. The van der Waals surface area contributed by atoms with Crippen LogP contribution >= 0.6 is 0 Å². The first kappa shape index (κ1) is 22.7. The van der Waals surface area contributed by atoms with Crippen LogP contribution in [0.15, 0.2) is 24.4 Å². The molecule has 0 aromatic carbocycles. The van der Waals surface area contributed by atoms with Crippen molar-refractivity contribution < 1.29 is 9.59 Å². The number of pyridine rings is 1. The average Bonchev–Trinajstić information content (AvgIpc) is 3.22. The summed E-state index contributed by atoms with van der Waals surface area (Å²) in [6.45, 7) is 4.18. The number of fused-ring (bicyclic) bond motifs is 1. The summed E-state index contributed by atoms with van der Waals surface area (Å²) >= 11 is 0. The van der Waals surface area contributed by atoms with E-state index in [0.717, 1.165) is 37.2 Å². The van der Waals surface area contributed by atoms with Crippen LogP contribution in [0.2, 0.25) is 0 Å². The standard InChI is InChI=1S/C25H37N5O2/c1-17(2)23(24-29-28-21-10-6-7-15-30(21)24)27-25(32)19-11-13-20(14-12-19)26-22(31)16-18-8-4-3-5-9-18/h6-7,10,15,17-20,23H,3-5,8-9,11-14,16H2,1-2H3,(H,26,31)(H,27,32). The average molecular weight is 440 g/mol. The number of amides is 2. The van der Waals surface area contributed by atoms with Crippen molar-refractivity contribution in [1.29, 1.82) is 0 Å². The minimum absolute atomic E-state index is 0.0121. The summed E-state index contributed by atoms with van der Waals surface area (Å²) in [6, 6.07) is 5.82. The molecular weight excluding hydrogens is 402 g/mol. The Bertz CT molecular complexity index is 910. The van der Waals surface area contributed by atoms with Crippen LogP contribution in [-0.4, -0.2) is 32.5 Å². The molecule has 1 unspecified atom stereocenters. The number of nitrogens with zero attached hydrogens (tertiary/aromatic N) is 3.